The van der Waals surface area contributed by atoms with E-state index in [9.17, 15) is 4.79 Å². The quantitative estimate of drug-likeness (QED) is 0.762. The zero-order valence-electron chi connectivity index (χ0n) is 9.90. The Morgan fingerprint density at radius 3 is 3.18 bits per heavy atom. The molecule has 1 saturated heterocycles. The Balaban J connectivity index is 2.01. The SMILES string of the molecule is CCNC(=O)c1noc(C2CC(OC)CN2)n1. The van der Waals surface area contributed by atoms with Crippen LogP contribution in [0.15, 0.2) is 4.52 Å². The highest BCUT2D eigenvalue weighted by atomic mass is 16.5. The first-order valence-electron chi connectivity index (χ1n) is 5.62. The molecule has 1 aliphatic heterocycles. The minimum Gasteiger partial charge on any atom is -0.380 e. The van der Waals surface area contributed by atoms with Gasteiger partial charge in [0.15, 0.2) is 0 Å². The molecule has 1 amide bonds. The maximum atomic E-state index is 11.5. The lowest BCUT2D eigenvalue weighted by Gasteiger charge is -2.04. The number of amides is 1. The van der Waals surface area contributed by atoms with Crippen molar-refractivity contribution in [3.63, 3.8) is 0 Å². The van der Waals surface area contributed by atoms with Crippen LogP contribution in [0.3, 0.4) is 0 Å². The summed E-state index contributed by atoms with van der Waals surface area (Å²) in [6, 6.07) is -0.0318. The number of hydrogen-bond donors (Lipinski definition) is 2. The average molecular weight is 240 g/mol. The van der Waals surface area contributed by atoms with Crippen molar-refractivity contribution in [2.75, 3.05) is 20.2 Å². The number of ether oxygens (including phenoxy) is 1. The van der Waals surface area contributed by atoms with Crippen LogP contribution in [0.25, 0.3) is 0 Å². The van der Waals surface area contributed by atoms with Gasteiger partial charge in [0.2, 0.25) is 5.89 Å². The molecular weight excluding hydrogens is 224 g/mol. The maximum Gasteiger partial charge on any atom is 0.292 e. The van der Waals surface area contributed by atoms with E-state index in [1.165, 1.54) is 0 Å². The first kappa shape index (κ1) is 12.0. The Morgan fingerprint density at radius 2 is 2.53 bits per heavy atom. The van der Waals surface area contributed by atoms with Crippen LogP contribution < -0.4 is 10.6 Å². The molecule has 0 saturated carbocycles. The van der Waals surface area contributed by atoms with Crippen molar-refractivity contribution < 1.29 is 14.1 Å². The molecule has 2 unspecified atom stereocenters. The van der Waals surface area contributed by atoms with Gasteiger partial charge in [0, 0.05) is 20.2 Å². The average Bonchev–Trinajstić information content (AvgIpc) is 2.98. The molecule has 0 aromatic carbocycles. The van der Waals surface area contributed by atoms with Gasteiger partial charge in [0.05, 0.1) is 12.1 Å². The van der Waals surface area contributed by atoms with Crippen LogP contribution in [0.4, 0.5) is 0 Å². The zero-order valence-corrected chi connectivity index (χ0v) is 9.90. The zero-order chi connectivity index (χ0) is 12.3. The molecule has 7 heteroatoms. The van der Waals surface area contributed by atoms with Gasteiger partial charge in [-0.15, -0.1) is 0 Å². The molecule has 0 spiro atoms. The molecule has 2 heterocycles. The van der Waals surface area contributed by atoms with Crippen molar-refractivity contribution in [1.29, 1.82) is 0 Å². The highest BCUT2D eigenvalue weighted by molar-refractivity contribution is 5.90. The first-order chi connectivity index (χ1) is 8.24. The van der Waals surface area contributed by atoms with Gasteiger partial charge < -0.3 is 19.9 Å². The van der Waals surface area contributed by atoms with Crippen molar-refractivity contribution in [3.05, 3.63) is 11.7 Å². The van der Waals surface area contributed by atoms with Gasteiger partial charge in [-0.05, 0) is 13.3 Å². The largest absolute Gasteiger partial charge is 0.380 e. The van der Waals surface area contributed by atoms with Gasteiger partial charge >= 0.3 is 0 Å². The second-order valence-electron chi connectivity index (χ2n) is 3.87. The molecule has 1 aromatic rings. The van der Waals surface area contributed by atoms with Crippen molar-refractivity contribution in [2.24, 2.45) is 0 Å². The van der Waals surface area contributed by atoms with E-state index in [2.05, 4.69) is 20.8 Å². The second kappa shape index (κ2) is 5.24. The fourth-order valence-corrected chi connectivity index (χ4v) is 1.78. The lowest BCUT2D eigenvalue weighted by Crippen LogP contribution is -2.24. The van der Waals surface area contributed by atoms with Gasteiger partial charge in [-0.2, -0.15) is 4.98 Å². The molecule has 0 bridgehead atoms. The van der Waals surface area contributed by atoms with Crippen LogP contribution in [0.5, 0.6) is 0 Å². The van der Waals surface area contributed by atoms with E-state index < -0.39 is 0 Å². The van der Waals surface area contributed by atoms with E-state index in [1.807, 2.05) is 6.92 Å². The van der Waals surface area contributed by atoms with E-state index in [-0.39, 0.29) is 23.9 Å². The molecule has 2 atom stereocenters. The molecule has 1 aromatic heterocycles. The van der Waals surface area contributed by atoms with Gasteiger partial charge in [-0.1, -0.05) is 5.16 Å². The molecule has 2 N–H and O–H groups in total. The summed E-state index contributed by atoms with van der Waals surface area (Å²) in [7, 11) is 1.67. The third-order valence-electron chi connectivity index (χ3n) is 2.70. The Bertz CT molecular complexity index is 393. The topological polar surface area (TPSA) is 89.3 Å². The van der Waals surface area contributed by atoms with Crippen LogP contribution in [0, 0.1) is 0 Å². The van der Waals surface area contributed by atoms with E-state index in [0.29, 0.717) is 12.4 Å². The van der Waals surface area contributed by atoms with Gasteiger partial charge in [0.1, 0.15) is 0 Å². The second-order valence-corrected chi connectivity index (χ2v) is 3.87. The first-order valence-corrected chi connectivity index (χ1v) is 5.62. The Morgan fingerprint density at radius 1 is 1.71 bits per heavy atom. The molecule has 1 fully saturated rings. The Labute approximate surface area is 98.9 Å². The summed E-state index contributed by atoms with van der Waals surface area (Å²) in [4.78, 5) is 15.5. The van der Waals surface area contributed by atoms with Crippen molar-refractivity contribution in [1.82, 2.24) is 20.8 Å². The fraction of sp³-hybridized carbons (Fsp3) is 0.700. The lowest BCUT2D eigenvalue weighted by atomic mass is 10.2. The summed E-state index contributed by atoms with van der Waals surface area (Å²) in [5.41, 5.74) is 0. The molecule has 0 radical (unpaired) electrons. The molecule has 7 nitrogen and oxygen atoms in total. The summed E-state index contributed by atoms with van der Waals surface area (Å²) in [6.07, 6.45) is 0.924. The summed E-state index contributed by atoms with van der Waals surface area (Å²) in [5.74, 6) is 0.194. The number of methoxy groups -OCH3 is 1. The van der Waals surface area contributed by atoms with Crippen molar-refractivity contribution >= 4 is 5.91 Å². The molecule has 1 aliphatic rings. The third-order valence-corrected chi connectivity index (χ3v) is 2.70. The standard InChI is InChI=1S/C10H16N4O3/c1-3-11-9(15)8-13-10(17-14-8)7-4-6(16-2)5-12-7/h6-7,12H,3-5H2,1-2H3,(H,11,15). The van der Waals surface area contributed by atoms with Crippen LogP contribution in [0.2, 0.25) is 0 Å². The van der Waals surface area contributed by atoms with Crippen molar-refractivity contribution in [2.45, 2.75) is 25.5 Å². The molecule has 2 rings (SSSR count). The van der Waals surface area contributed by atoms with Crippen LogP contribution in [0.1, 0.15) is 35.9 Å². The monoisotopic (exact) mass is 240 g/mol. The summed E-state index contributed by atoms with van der Waals surface area (Å²) >= 11 is 0. The normalized spacial score (nSPS) is 23.9. The number of carbonyl (C=O) groups excluding carboxylic acids is 1. The van der Waals surface area contributed by atoms with Gasteiger partial charge in [-0.3, -0.25) is 4.79 Å². The summed E-state index contributed by atoms with van der Waals surface area (Å²) < 4.78 is 10.3. The molecule has 17 heavy (non-hydrogen) atoms. The number of hydrogen-bond acceptors (Lipinski definition) is 6. The van der Waals surface area contributed by atoms with E-state index in [1.54, 1.807) is 7.11 Å². The number of nitrogens with one attached hydrogen (secondary N) is 2. The Hall–Kier alpha value is -1.47. The highest BCUT2D eigenvalue weighted by Crippen LogP contribution is 2.23. The third kappa shape index (κ3) is 2.62. The minimum atomic E-state index is -0.316. The molecule has 94 valence electrons. The Kier molecular flexibility index (Phi) is 3.70. The van der Waals surface area contributed by atoms with E-state index in [4.69, 9.17) is 9.26 Å². The summed E-state index contributed by atoms with van der Waals surface area (Å²) in [6.45, 7) is 3.12. The van der Waals surface area contributed by atoms with Crippen LogP contribution in [-0.4, -0.2) is 42.4 Å². The number of rotatable bonds is 4. The lowest BCUT2D eigenvalue weighted by molar-refractivity contribution is 0.0942. The van der Waals surface area contributed by atoms with Gasteiger partial charge in [-0.25, -0.2) is 0 Å². The predicted molar refractivity (Wildman–Crippen MR) is 58.5 cm³/mol. The van der Waals surface area contributed by atoms with E-state index >= 15 is 0 Å². The number of aromatic nitrogens is 2. The summed E-state index contributed by atoms with van der Waals surface area (Å²) in [5, 5.41) is 9.47. The van der Waals surface area contributed by atoms with Crippen LogP contribution in [-0.2, 0) is 4.74 Å². The highest BCUT2D eigenvalue weighted by Gasteiger charge is 2.30. The molecular formula is C10H16N4O3. The predicted octanol–water partition coefficient (Wildman–Crippen LogP) is -0.131. The molecule has 0 aliphatic carbocycles. The minimum absolute atomic E-state index is 0.0318. The number of nitrogens with zero attached hydrogens (tertiary/aromatic N) is 2. The smallest absolute Gasteiger partial charge is 0.292 e. The fourth-order valence-electron chi connectivity index (χ4n) is 1.78. The van der Waals surface area contributed by atoms with Crippen molar-refractivity contribution in [3.8, 4) is 0 Å². The van der Waals surface area contributed by atoms with Crippen LogP contribution >= 0.6 is 0 Å². The van der Waals surface area contributed by atoms with Gasteiger partial charge in [0.25, 0.3) is 11.7 Å². The van der Waals surface area contributed by atoms with E-state index in [0.717, 1.165) is 13.0 Å². The maximum absolute atomic E-state index is 11.5. The number of carbonyl (C=O) groups is 1.